The molecule has 0 fully saturated rings. The molecule has 0 saturated carbocycles. The number of carboxylic acids is 1. The van der Waals surface area contributed by atoms with Gasteiger partial charge in [0.05, 0.1) is 6.10 Å². The third kappa shape index (κ3) is 9.85. The fourth-order valence-electron chi connectivity index (χ4n) is 0.613. The van der Waals surface area contributed by atoms with Gasteiger partial charge in [-0.25, -0.2) is 0 Å². The number of halogens is 2. The molecule has 7 heteroatoms. The summed E-state index contributed by atoms with van der Waals surface area (Å²) in [6.45, 7) is 0.145. The molecule has 0 radical (unpaired) electrons. The maximum absolute atomic E-state index is 10.2. The fourth-order valence-corrected chi connectivity index (χ4v) is 0.613. The number of hydrogen-bond acceptors (Lipinski definition) is 4. The first kappa shape index (κ1) is 18.7. The van der Waals surface area contributed by atoms with Gasteiger partial charge in [-0.1, -0.05) is 0 Å². The topological polar surface area (TPSA) is 110 Å². The first-order valence-corrected chi connectivity index (χ1v) is 3.44. The minimum absolute atomic E-state index is 0. The average molecular weight is 235 g/mol. The van der Waals surface area contributed by atoms with Crippen molar-refractivity contribution >= 4 is 30.8 Å². The van der Waals surface area contributed by atoms with Gasteiger partial charge in [0.1, 0.15) is 6.04 Å². The van der Waals surface area contributed by atoms with Crippen LogP contribution < -0.4 is 11.5 Å². The van der Waals surface area contributed by atoms with E-state index in [0.29, 0.717) is 6.42 Å². The lowest BCUT2D eigenvalue weighted by atomic mass is 10.1. The van der Waals surface area contributed by atoms with Crippen molar-refractivity contribution in [3.05, 3.63) is 0 Å². The lowest BCUT2D eigenvalue weighted by Crippen LogP contribution is -2.32. The number of rotatable bonds is 5. The van der Waals surface area contributed by atoms with E-state index in [2.05, 4.69) is 0 Å². The summed E-state index contributed by atoms with van der Waals surface area (Å²) >= 11 is 0. The van der Waals surface area contributed by atoms with E-state index in [4.69, 9.17) is 21.7 Å². The lowest BCUT2D eigenvalue weighted by molar-refractivity contribution is -0.138. The number of carboxylic acid groups (broad SMARTS) is 1. The van der Waals surface area contributed by atoms with Gasteiger partial charge in [-0.15, -0.1) is 24.8 Å². The minimum Gasteiger partial charge on any atom is -0.480 e. The summed E-state index contributed by atoms with van der Waals surface area (Å²) in [5.74, 6) is -1.05. The summed E-state index contributed by atoms with van der Waals surface area (Å²) in [7, 11) is 0. The highest BCUT2D eigenvalue weighted by Gasteiger charge is 2.12. The molecule has 13 heavy (non-hydrogen) atoms. The van der Waals surface area contributed by atoms with Gasteiger partial charge in [0.15, 0.2) is 0 Å². The van der Waals surface area contributed by atoms with Gasteiger partial charge in [0, 0.05) is 6.54 Å². The van der Waals surface area contributed by atoms with Crippen LogP contribution in [0, 0.1) is 0 Å². The van der Waals surface area contributed by atoms with Crippen LogP contribution in [0.3, 0.4) is 0 Å². The van der Waals surface area contributed by atoms with Gasteiger partial charge in [0.25, 0.3) is 0 Å². The lowest BCUT2D eigenvalue weighted by Gasteiger charge is -2.09. The zero-order chi connectivity index (χ0) is 8.85. The molecular formula is C6H16Cl2N2O3. The Labute approximate surface area is 89.3 Å². The molecule has 0 aliphatic heterocycles. The van der Waals surface area contributed by atoms with Crippen molar-refractivity contribution in [2.75, 3.05) is 6.54 Å². The first-order valence-electron chi connectivity index (χ1n) is 3.44. The van der Waals surface area contributed by atoms with Crippen LogP contribution in [0.2, 0.25) is 0 Å². The van der Waals surface area contributed by atoms with Gasteiger partial charge in [0.2, 0.25) is 0 Å². The Balaban J connectivity index is -0.000000500. The predicted molar refractivity (Wildman–Crippen MR) is 54.4 cm³/mol. The van der Waals surface area contributed by atoms with Gasteiger partial charge < -0.3 is 21.7 Å². The second kappa shape index (κ2) is 10.0. The molecule has 6 N–H and O–H groups in total. The van der Waals surface area contributed by atoms with Crippen LogP contribution in [0.5, 0.6) is 0 Å². The average Bonchev–Trinajstić information content (AvgIpc) is 1.99. The van der Waals surface area contributed by atoms with E-state index in [0.717, 1.165) is 0 Å². The Morgan fingerprint density at radius 3 is 2.08 bits per heavy atom. The van der Waals surface area contributed by atoms with Crippen molar-refractivity contribution in [3.8, 4) is 0 Å². The molecule has 0 bridgehead atoms. The summed E-state index contributed by atoms with van der Waals surface area (Å²) in [5.41, 5.74) is 10.3. The zero-order valence-corrected chi connectivity index (χ0v) is 8.68. The van der Waals surface area contributed by atoms with E-state index in [1.54, 1.807) is 0 Å². The second-order valence-electron chi connectivity index (χ2n) is 2.41. The molecule has 2 atom stereocenters. The predicted octanol–water partition coefficient (Wildman–Crippen LogP) is -0.658. The summed E-state index contributed by atoms with van der Waals surface area (Å²) in [5, 5.41) is 17.2. The normalized spacial score (nSPS) is 13.5. The first-order chi connectivity index (χ1) is 5.07. The van der Waals surface area contributed by atoms with Crippen molar-refractivity contribution < 1.29 is 15.0 Å². The van der Waals surface area contributed by atoms with Crippen LogP contribution in [0.25, 0.3) is 0 Å². The van der Waals surface area contributed by atoms with Crippen molar-refractivity contribution in [3.63, 3.8) is 0 Å². The molecule has 5 nitrogen and oxygen atoms in total. The van der Waals surface area contributed by atoms with Gasteiger partial charge >= 0.3 is 5.97 Å². The van der Waals surface area contributed by atoms with Crippen LogP contribution >= 0.6 is 24.8 Å². The Bertz CT molecular complexity index is 137. The highest BCUT2D eigenvalue weighted by molar-refractivity contribution is 5.85. The number of nitrogens with two attached hydrogens (primary N) is 2. The third-order valence-corrected chi connectivity index (χ3v) is 1.40. The van der Waals surface area contributed by atoms with Crippen LogP contribution in [-0.4, -0.2) is 34.9 Å². The molecule has 0 spiro atoms. The molecule has 0 rings (SSSR count). The SMILES string of the molecule is Cl.Cl.NCC(O)CC[C@H](N)C(=O)O. The molecule has 0 heterocycles. The largest absolute Gasteiger partial charge is 0.480 e. The molecular weight excluding hydrogens is 219 g/mol. The van der Waals surface area contributed by atoms with Crippen LogP contribution in [0.15, 0.2) is 0 Å². The highest BCUT2D eigenvalue weighted by atomic mass is 35.5. The summed E-state index contributed by atoms with van der Waals surface area (Å²) in [6, 6.07) is -0.892. The van der Waals surface area contributed by atoms with E-state index in [1.165, 1.54) is 0 Å². The van der Waals surface area contributed by atoms with Crippen LogP contribution in [-0.2, 0) is 4.79 Å². The van der Waals surface area contributed by atoms with Crippen LogP contribution in [0.4, 0.5) is 0 Å². The van der Waals surface area contributed by atoms with E-state index in [9.17, 15) is 4.79 Å². The van der Waals surface area contributed by atoms with E-state index in [-0.39, 0.29) is 37.8 Å². The number of carbonyl (C=O) groups is 1. The Morgan fingerprint density at radius 2 is 1.77 bits per heavy atom. The quantitative estimate of drug-likeness (QED) is 0.505. The van der Waals surface area contributed by atoms with Crippen molar-refractivity contribution in [1.29, 1.82) is 0 Å². The summed E-state index contributed by atoms with van der Waals surface area (Å²) in [4.78, 5) is 10.2. The minimum atomic E-state index is -1.05. The monoisotopic (exact) mass is 234 g/mol. The third-order valence-electron chi connectivity index (χ3n) is 1.40. The number of aliphatic hydroxyl groups excluding tert-OH is 1. The van der Waals surface area contributed by atoms with E-state index < -0.39 is 18.1 Å². The summed E-state index contributed by atoms with van der Waals surface area (Å²) in [6.07, 6.45) is -0.0436. The fraction of sp³-hybridized carbons (Fsp3) is 0.833. The summed E-state index contributed by atoms with van der Waals surface area (Å²) < 4.78 is 0. The molecule has 82 valence electrons. The second-order valence-corrected chi connectivity index (χ2v) is 2.41. The molecule has 0 aliphatic carbocycles. The maximum Gasteiger partial charge on any atom is 0.320 e. The number of aliphatic hydroxyl groups is 1. The van der Waals surface area contributed by atoms with E-state index in [1.807, 2.05) is 0 Å². The van der Waals surface area contributed by atoms with Crippen molar-refractivity contribution in [2.24, 2.45) is 11.5 Å². The smallest absolute Gasteiger partial charge is 0.320 e. The molecule has 0 aliphatic rings. The molecule has 0 saturated heterocycles. The van der Waals surface area contributed by atoms with Crippen molar-refractivity contribution in [2.45, 2.75) is 25.0 Å². The molecule has 0 aromatic heterocycles. The standard InChI is InChI=1S/C6H14N2O3.2ClH/c7-3-4(9)1-2-5(8)6(10)11;;/h4-5,9H,1-3,7-8H2,(H,10,11);2*1H/t4?,5-;;/m0../s1. The zero-order valence-electron chi connectivity index (χ0n) is 7.05. The Morgan fingerprint density at radius 1 is 1.31 bits per heavy atom. The van der Waals surface area contributed by atoms with E-state index >= 15 is 0 Å². The molecule has 0 aromatic rings. The maximum atomic E-state index is 10.2. The number of aliphatic carboxylic acids is 1. The Hall–Kier alpha value is -0.0700. The van der Waals surface area contributed by atoms with Gasteiger partial charge in [-0.05, 0) is 12.8 Å². The molecule has 0 amide bonds. The highest BCUT2D eigenvalue weighted by Crippen LogP contribution is 1.98. The molecule has 1 unspecified atom stereocenters. The van der Waals surface area contributed by atoms with Crippen molar-refractivity contribution in [1.82, 2.24) is 0 Å². The molecule has 0 aromatic carbocycles. The Kier molecular flexibility index (Phi) is 14.4. The van der Waals surface area contributed by atoms with Gasteiger partial charge in [-0.3, -0.25) is 4.79 Å². The van der Waals surface area contributed by atoms with Gasteiger partial charge in [-0.2, -0.15) is 0 Å². The number of hydrogen-bond donors (Lipinski definition) is 4. The van der Waals surface area contributed by atoms with Crippen LogP contribution in [0.1, 0.15) is 12.8 Å².